The molecule has 1 rings (SSSR count). The number of ether oxygens (including phenoxy) is 2. The average Bonchev–Trinajstić information content (AvgIpc) is 2.35. The van der Waals surface area contributed by atoms with Gasteiger partial charge in [-0.05, 0) is 24.1 Å². The third-order valence-corrected chi connectivity index (χ3v) is 2.42. The summed E-state index contributed by atoms with van der Waals surface area (Å²) < 4.78 is 10.6. The third-order valence-electron chi connectivity index (χ3n) is 2.42. The maximum atomic E-state index is 11.1. The monoisotopic (exact) mass is 222 g/mol. The third kappa shape index (κ3) is 3.26. The minimum absolute atomic E-state index is 0.0848. The Balaban J connectivity index is 2.75. The number of hydrogen-bond acceptors (Lipinski definition) is 3. The first-order chi connectivity index (χ1) is 7.71. The molecule has 1 aromatic rings. The van der Waals surface area contributed by atoms with E-state index in [1.54, 1.807) is 7.11 Å². The molecule has 3 heteroatoms. The Morgan fingerprint density at radius 3 is 2.56 bits per heavy atom. The van der Waals surface area contributed by atoms with Gasteiger partial charge in [0.15, 0.2) is 17.3 Å². The highest BCUT2D eigenvalue weighted by molar-refractivity contribution is 5.79. The molecule has 0 N–H and O–H groups in total. The molecule has 0 saturated heterocycles. The summed E-state index contributed by atoms with van der Waals surface area (Å²) in [7, 11) is 1.60. The fraction of sp³-hybridized carbons (Fsp3) is 0.462. The van der Waals surface area contributed by atoms with Crippen LogP contribution >= 0.6 is 0 Å². The van der Waals surface area contributed by atoms with E-state index in [0.29, 0.717) is 17.9 Å². The summed E-state index contributed by atoms with van der Waals surface area (Å²) in [5.41, 5.74) is 1.19. The predicted molar refractivity (Wildman–Crippen MR) is 63.2 cm³/mol. The van der Waals surface area contributed by atoms with Crippen LogP contribution in [0, 0.1) is 0 Å². The van der Waals surface area contributed by atoms with Gasteiger partial charge in [-0.15, -0.1) is 0 Å². The Bertz CT molecular complexity index is 358. The first-order valence-corrected chi connectivity index (χ1v) is 5.52. The smallest absolute Gasteiger partial charge is 0.169 e. The first kappa shape index (κ1) is 12.6. The van der Waals surface area contributed by atoms with E-state index in [1.807, 2.05) is 25.1 Å². The Morgan fingerprint density at radius 2 is 2.00 bits per heavy atom. The Hall–Kier alpha value is -1.51. The summed E-state index contributed by atoms with van der Waals surface area (Å²) in [4.78, 5) is 11.1. The van der Waals surface area contributed by atoms with Crippen LogP contribution in [0.3, 0.4) is 0 Å². The summed E-state index contributed by atoms with van der Waals surface area (Å²) in [5.74, 6) is 1.39. The van der Waals surface area contributed by atoms with Crippen molar-refractivity contribution < 1.29 is 14.3 Å². The Kier molecular flexibility index (Phi) is 4.83. The van der Waals surface area contributed by atoms with Crippen LogP contribution in [0.5, 0.6) is 11.5 Å². The van der Waals surface area contributed by atoms with Crippen molar-refractivity contribution in [1.82, 2.24) is 0 Å². The summed E-state index contributed by atoms with van der Waals surface area (Å²) >= 11 is 0. The Labute approximate surface area is 96.4 Å². The van der Waals surface area contributed by atoms with Crippen LogP contribution < -0.4 is 9.47 Å². The quantitative estimate of drug-likeness (QED) is 0.742. The van der Waals surface area contributed by atoms with E-state index in [4.69, 9.17) is 9.47 Å². The maximum absolute atomic E-state index is 11.1. The van der Waals surface area contributed by atoms with Crippen molar-refractivity contribution in [2.24, 2.45) is 0 Å². The molecule has 0 spiro atoms. The number of carbonyl (C=O) groups excluding carboxylic acids is 1. The molecule has 88 valence electrons. The molecule has 0 aliphatic carbocycles. The second-order valence-electron chi connectivity index (χ2n) is 3.52. The number of ketones is 1. The topological polar surface area (TPSA) is 35.5 Å². The number of aryl methyl sites for hydroxylation is 1. The summed E-state index contributed by atoms with van der Waals surface area (Å²) in [6.07, 6.45) is 1.44. The van der Waals surface area contributed by atoms with E-state index in [-0.39, 0.29) is 12.4 Å². The number of benzene rings is 1. The number of methoxy groups -OCH3 is 1. The number of Topliss-reactive ketones (excluding diaryl/α,β-unsaturated/α-hetero) is 1. The summed E-state index contributed by atoms with van der Waals surface area (Å²) in [6, 6.07) is 5.76. The van der Waals surface area contributed by atoms with Crippen molar-refractivity contribution in [1.29, 1.82) is 0 Å². The minimum atomic E-state index is 0.0848. The lowest BCUT2D eigenvalue weighted by atomic mass is 10.1. The minimum Gasteiger partial charge on any atom is -0.493 e. The molecule has 0 saturated carbocycles. The fourth-order valence-electron chi connectivity index (χ4n) is 1.31. The average molecular weight is 222 g/mol. The van der Waals surface area contributed by atoms with Crippen molar-refractivity contribution >= 4 is 5.78 Å². The van der Waals surface area contributed by atoms with E-state index >= 15 is 0 Å². The zero-order valence-electron chi connectivity index (χ0n) is 10.1. The highest BCUT2D eigenvalue weighted by atomic mass is 16.5. The molecule has 0 unspecified atom stereocenters. The molecule has 0 aromatic heterocycles. The van der Waals surface area contributed by atoms with Gasteiger partial charge in [-0.25, -0.2) is 0 Å². The number of hydrogen-bond donors (Lipinski definition) is 0. The van der Waals surface area contributed by atoms with Crippen molar-refractivity contribution in [3.8, 4) is 11.5 Å². The van der Waals surface area contributed by atoms with Crippen LogP contribution in [0.1, 0.15) is 25.8 Å². The molecule has 1 aromatic carbocycles. The van der Waals surface area contributed by atoms with Crippen LogP contribution in [-0.4, -0.2) is 19.5 Å². The molecule has 0 fully saturated rings. The highest BCUT2D eigenvalue weighted by Crippen LogP contribution is 2.28. The zero-order chi connectivity index (χ0) is 12.0. The zero-order valence-corrected chi connectivity index (χ0v) is 10.1. The van der Waals surface area contributed by atoms with E-state index < -0.39 is 0 Å². The van der Waals surface area contributed by atoms with Gasteiger partial charge in [-0.1, -0.05) is 19.9 Å². The molecule has 0 amide bonds. The lowest BCUT2D eigenvalue weighted by molar-refractivity contribution is -0.120. The SMILES string of the molecule is CCC(=O)COc1ccc(CC)cc1OC. The van der Waals surface area contributed by atoms with Crippen molar-refractivity contribution in [3.63, 3.8) is 0 Å². The first-order valence-electron chi connectivity index (χ1n) is 5.52. The van der Waals surface area contributed by atoms with Crippen LogP contribution in [-0.2, 0) is 11.2 Å². The molecule has 0 aliphatic rings. The van der Waals surface area contributed by atoms with Gasteiger partial charge in [0.25, 0.3) is 0 Å². The summed E-state index contributed by atoms with van der Waals surface area (Å²) in [5, 5.41) is 0. The normalized spacial score (nSPS) is 9.94. The highest BCUT2D eigenvalue weighted by Gasteiger charge is 2.06. The molecule has 0 heterocycles. The van der Waals surface area contributed by atoms with Gasteiger partial charge in [0.2, 0.25) is 0 Å². The standard InChI is InChI=1S/C13H18O3/c1-4-10-6-7-12(13(8-10)15-3)16-9-11(14)5-2/h6-8H,4-5,9H2,1-3H3. The van der Waals surface area contributed by atoms with Crippen LogP contribution in [0.15, 0.2) is 18.2 Å². The lowest BCUT2D eigenvalue weighted by Crippen LogP contribution is -2.10. The number of carbonyl (C=O) groups is 1. The lowest BCUT2D eigenvalue weighted by Gasteiger charge is -2.10. The van der Waals surface area contributed by atoms with Gasteiger partial charge in [-0.2, -0.15) is 0 Å². The molecular formula is C13H18O3. The van der Waals surface area contributed by atoms with Crippen molar-refractivity contribution in [2.75, 3.05) is 13.7 Å². The second-order valence-corrected chi connectivity index (χ2v) is 3.52. The van der Waals surface area contributed by atoms with E-state index in [9.17, 15) is 4.79 Å². The van der Waals surface area contributed by atoms with Gasteiger partial charge in [0.1, 0.15) is 6.61 Å². The molecule has 0 aliphatic heterocycles. The molecule has 0 bridgehead atoms. The largest absolute Gasteiger partial charge is 0.493 e. The van der Waals surface area contributed by atoms with Gasteiger partial charge >= 0.3 is 0 Å². The molecule has 0 radical (unpaired) electrons. The number of rotatable bonds is 6. The van der Waals surface area contributed by atoms with Gasteiger partial charge < -0.3 is 9.47 Å². The van der Waals surface area contributed by atoms with Crippen LogP contribution in [0.2, 0.25) is 0 Å². The Morgan fingerprint density at radius 1 is 1.25 bits per heavy atom. The van der Waals surface area contributed by atoms with Crippen molar-refractivity contribution in [2.45, 2.75) is 26.7 Å². The van der Waals surface area contributed by atoms with E-state index in [2.05, 4.69) is 6.92 Å². The van der Waals surface area contributed by atoms with E-state index in [0.717, 1.165) is 6.42 Å². The molecule has 3 nitrogen and oxygen atoms in total. The molecular weight excluding hydrogens is 204 g/mol. The molecule has 0 atom stereocenters. The van der Waals surface area contributed by atoms with Crippen LogP contribution in [0.4, 0.5) is 0 Å². The van der Waals surface area contributed by atoms with E-state index in [1.165, 1.54) is 5.56 Å². The van der Waals surface area contributed by atoms with Gasteiger partial charge in [0.05, 0.1) is 7.11 Å². The second kappa shape index (κ2) is 6.16. The molecule has 16 heavy (non-hydrogen) atoms. The van der Waals surface area contributed by atoms with Crippen molar-refractivity contribution in [3.05, 3.63) is 23.8 Å². The van der Waals surface area contributed by atoms with Crippen LogP contribution in [0.25, 0.3) is 0 Å². The fourth-order valence-corrected chi connectivity index (χ4v) is 1.31. The predicted octanol–water partition coefficient (Wildman–Crippen LogP) is 2.62. The summed E-state index contributed by atoms with van der Waals surface area (Å²) in [6.45, 7) is 4.01. The van der Waals surface area contributed by atoms with Gasteiger partial charge in [-0.3, -0.25) is 4.79 Å². The van der Waals surface area contributed by atoms with Gasteiger partial charge in [0, 0.05) is 6.42 Å². The maximum Gasteiger partial charge on any atom is 0.169 e.